The van der Waals surface area contributed by atoms with E-state index >= 15 is 0 Å². The van der Waals surface area contributed by atoms with Gasteiger partial charge >= 0.3 is 19.8 Å². The van der Waals surface area contributed by atoms with Crippen molar-refractivity contribution in [2.45, 2.75) is 39.3 Å². The Morgan fingerprint density at radius 3 is 1.82 bits per heavy atom. The smallest absolute Gasteiger partial charge is 0.420 e. The van der Waals surface area contributed by atoms with E-state index in [-0.39, 0.29) is 32.2 Å². The number of imide groups is 1. The summed E-state index contributed by atoms with van der Waals surface area (Å²) in [5.41, 5.74) is 1.39. The van der Waals surface area contributed by atoms with Crippen LogP contribution in [0.5, 0.6) is 0 Å². The Morgan fingerprint density at radius 1 is 0.970 bits per heavy atom. The van der Waals surface area contributed by atoms with E-state index in [2.05, 4.69) is 6.58 Å². The molecule has 8 nitrogen and oxygen atoms in total. The van der Waals surface area contributed by atoms with Gasteiger partial charge in [-0.2, -0.15) is 4.90 Å². The highest BCUT2D eigenvalue weighted by Crippen LogP contribution is 2.51. The van der Waals surface area contributed by atoms with E-state index in [0.717, 1.165) is 0 Å². The van der Waals surface area contributed by atoms with Gasteiger partial charge in [0, 0.05) is 0 Å². The molecule has 2 aromatic rings. The molecule has 2 aromatic carbocycles. The highest BCUT2D eigenvalue weighted by atomic mass is 31.2. The second-order valence-electron chi connectivity index (χ2n) is 7.71. The van der Waals surface area contributed by atoms with Crippen molar-refractivity contribution in [2.24, 2.45) is 5.92 Å². The van der Waals surface area contributed by atoms with Crippen molar-refractivity contribution in [3.63, 3.8) is 0 Å². The zero-order chi connectivity index (χ0) is 24.3. The maximum Gasteiger partial charge on any atom is 0.420 e. The molecular formula is C24H30NO7P. The van der Waals surface area contributed by atoms with Gasteiger partial charge in [-0.15, -0.1) is 6.58 Å². The van der Waals surface area contributed by atoms with Crippen LogP contribution in [0.3, 0.4) is 0 Å². The Balaban J connectivity index is 2.30. The molecule has 1 N–H and O–H groups in total. The summed E-state index contributed by atoms with van der Waals surface area (Å²) < 4.78 is 28.7. The maximum absolute atomic E-state index is 13.0. The highest BCUT2D eigenvalue weighted by Gasteiger charge is 2.45. The van der Waals surface area contributed by atoms with E-state index in [0.29, 0.717) is 16.0 Å². The van der Waals surface area contributed by atoms with Crippen LogP contribution in [-0.2, 0) is 31.8 Å². The molecule has 0 aliphatic heterocycles. The molecular weight excluding hydrogens is 445 g/mol. The van der Waals surface area contributed by atoms with Crippen molar-refractivity contribution in [3.05, 3.63) is 84.4 Å². The third-order valence-electron chi connectivity index (χ3n) is 4.54. The van der Waals surface area contributed by atoms with Crippen LogP contribution >= 0.6 is 7.60 Å². The van der Waals surface area contributed by atoms with Gasteiger partial charge in [-0.25, -0.2) is 9.59 Å². The first-order chi connectivity index (χ1) is 15.7. The lowest BCUT2D eigenvalue weighted by molar-refractivity contribution is 0.0585. The van der Waals surface area contributed by atoms with Crippen molar-refractivity contribution in [3.8, 4) is 0 Å². The fraction of sp³-hybridized carbons (Fsp3) is 0.333. The van der Waals surface area contributed by atoms with Crippen molar-refractivity contribution in [1.82, 2.24) is 4.90 Å². The van der Waals surface area contributed by atoms with Gasteiger partial charge in [0.1, 0.15) is 19.0 Å². The number of carbonyl (C=O) groups excluding carboxylic acids is 2. The second kappa shape index (κ2) is 12.9. The number of benzene rings is 2. The quantitative estimate of drug-likeness (QED) is 0.327. The molecule has 0 radical (unpaired) electrons. The minimum absolute atomic E-state index is 0.00575. The zero-order valence-corrected chi connectivity index (χ0v) is 19.7. The predicted octanol–water partition coefficient (Wildman–Crippen LogP) is 5.72. The van der Waals surface area contributed by atoms with Crippen molar-refractivity contribution in [2.75, 3.05) is 6.61 Å². The summed E-state index contributed by atoms with van der Waals surface area (Å²) >= 11 is 0. The molecule has 0 saturated carbocycles. The van der Waals surface area contributed by atoms with Crippen molar-refractivity contribution < 1.29 is 33.0 Å². The fourth-order valence-electron chi connectivity index (χ4n) is 2.95. The van der Waals surface area contributed by atoms with Crippen LogP contribution in [0.1, 0.15) is 31.4 Å². The van der Waals surface area contributed by atoms with Crippen LogP contribution in [0, 0.1) is 5.92 Å². The van der Waals surface area contributed by atoms with Crippen LogP contribution in [0.4, 0.5) is 9.59 Å². The molecule has 2 atom stereocenters. The number of amides is 2. The Labute approximate surface area is 194 Å². The van der Waals surface area contributed by atoms with Crippen molar-refractivity contribution in [1.29, 1.82) is 0 Å². The molecule has 0 saturated heterocycles. The number of carbonyl (C=O) groups is 2. The van der Waals surface area contributed by atoms with E-state index in [1.54, 1.807) is 62.4 Å². The second-order valence-corrected chi connectivity index (χ2v) is 9.69. The van der Waals surface area contributed by atoms with E-state index in [9.17, 15) is 19.0 Å². The first kappa shape index (κ1) is 26.3. The van der Waals surface area contributed by atoms with Gasteiger partial charge in [0.25, 0.3) is 0 Å². The molecule has 2 rings (SSSR count). The number of nitrogens with zero attached hydrogens (tertiary/aromatic N) is 1. The molecule has 33 heavy (non-hydrogen) atoms. The molecule has 0 fully saturated rings. The third kappa shape index (κ3) is 8.50. The lowest BCUT2D eigenvalue weighted by Crippen LogP contribution is -2.46. The van der Waals surface area contributed by atoms with Crippen LogP contribution in [0.25, 0.3) is 0 Å². The van der Waals surface area contributed by atoms with E-state index in [1.807, 2.05) is 12.1 Å². The minimum Gasteiger partial charge on any atom is -0.444 e. The average Bonchev–Trinajstić information content (AvgIpc) is 2.80. The molecule has 0 heterocycles. The van der Waals surface area contributed by atoms with Gasteiger partial charge in [0.15, 0.2) is 0 Å². The summed E-state index contributed by atoms with van der Waals surface area (Å²) in [7, 11) is -4.48. The molecule has 2 unspecified atom stereocenters. The first-order valence-electron chi connectivity index (χ1n) is 10.5. The molecule has 0 aromatic heterocycles. The van der Waals surface area contributed by atoms with Gasteiger partial charge in [0.2, 0.25) is 0 Å². The van der Waals surface area contributed by atoms with Gasteiger partial charge in [-0.1, -0.05) is 80.6 Å². The Bertz CT molecular complexity index is 894. The number of ether oxygens (including phenoxy) is 2. The summed E-state index contributed by atoms with van der Waals surface area (Å²) in [5.74, 6) is -1.64. The first-order valence-corrected chi connectivity index (χ1v) is 12.2. The van der Waals surface area contributed by atoms with Crippen LogP contribution < -0.4 is 0 Å². The number of hydrogen-bond acceptors (Lipinski definition) is 6. The summed E-state index contributed by atoms with van der Waals surface area (Å²) in [5, 5.41) is 0. The highest BCUT2D eigenvalue weighted by molar-refractivity contribution is 7.53. The summed E-state index contributed by atoms with van der Waals surface area (Å²) in [6, 6.07) is 17.8. The number of hydrogen-bond donors (Lipinski definition) is 1. The van der Waals surface area contributed by atoms with Gasteiger partial charge in [0.05, 0.1) is 6.61 Å². The van der Waals surface area contributed by atoms with E-state index in [4.69, 9.17) is 14.0 Å². The standard InChI is InChI=1S/C24H30NO7P/c1-4-15-32-33(28,29)22(16-19(2)3)25(23(26)30-17-20-11-7-5-8-12-20)24(27)31-18-21-13-9-6-10-14-21/h4-14,19,22H,1,15-18H2,2-3H3,(H,28,29). The molecule has 0 spiro atoms. The normalized spacial score (nSPS) is 13.6. The van der Waals surface area contributed by atoms with Gasteiger partial charge in [-0.05, 0) is 23.5 Å². The molecule has 2 amide bonds. The number of rotatable bonds is 11. The maximum atomic E-state index is 13.0. The Morgan fingerprint density at radius 2 is 1.42 bits per heavy atom. The molecule has 0 aliphatic rings. The lowest BCUT2D eigenvalue weighted by Gasteiger charge is -2.32. The van der Waals surface area contributed by atoms with Gasteiger partial charge < -0.3 is 18.9 Å². The average molecular weight is 475 g/mol. The van der Waals surface area contributed by atoms with E-state index < -0.39 is 25.6 Å². The summed E-state index contributed by atoms with van der Waals surface area (Å²) in [4.78, 5) is 37.2. The predicted molar refractivity (Wildman–Crippen MR) is 124 cm³/mol. The summed E-state index contributed by atoms with van der Waals surface area (Å²) in [6.07, 6.45) is -0.884. The zero-order valence-electron chi connectivity index (χ0n) is 18.8. The largest absolute Gasteiger partial charge is 0.444 e. The topological polar surface area (TPSA) is 102 Å². The lowest BCUT2D eigenvalue weighted by atomic mass is 10.1. The minimum atomic E-state index is -4.48. The molecule has 9 heteroatoms. The SMILES string of the molecule is C=CCOP(=O)(O)C(CC(C)C)N(C(=O)OCc1ccccc1)C(=O)OCc1ccccc1. The third-order valence-corrected chi connectivity index (χ3v) is 6.25. The van der Waals surface area contributed by atoms with E-state index in [1.165, 1.54) is 6.08 Å². The van der Waals surface area contributed by atoms with Crippen molar-refractivity contribution >= 4 is 19.8 Å². The van der Waals surface area contributed by atoms with Crippen LogP contribution in [0.15, 0.2) is 73.3 Å². The Kier molecular flexibility index (Phi) is 10.3. The Hall–Kier alpha value is -2.93. The fourth-order valence-corrected chi connectivity index (χ4v) is 4.61. The monoisotopic (exact) mass is 475 g/mol. The summed E-state index contributed by atoms with van der Waals surface area (Å²) in [6.45, 7) is 6.58. The molecule has 0 aliphatic carbocycles. The van der Waals surface area contributed by atoms with Gasteiger partial charge in [-0.3, -0.25) is 4.57 Å². The molecule has 0 bridgehead atoms. The van der Waals surface area contributed by atoms with Crippen LogP contribution in [0.2, 0.25) is 0 Å². The van der Waals surface area contributed by atoms with Crippen LogP contribution in [-0.4, -0.2) is 34.4 Å². The molecule has 178 valence electrons.